The molecule has 0 saturated heterocycles. The topological polar surface area (TPSA) is 100 Å². The number of imidazole rings is 1. The predicted octanol–water partition coefficient (Wildman–Crippen LogP) is 2.90. The van der Waals surface area contributed by atoms with Crippen molar-refractivity contribution in [3.8, 4) is 0 Å². The third kappa shape index (κ3) is 5.34. The van der Waals surface area contributed by atoms with E-state index >= 15 is 0 Å². The van der Waals surface area contributed by atoms with E-state index in [0.717, 1.165) is 28.5 Å². The first-order valence-corrected chi connectivity index (χ1v) is 11.7. The van der Waals surface area contributed by atoms with Crippen molar-refractivity contribution in [2.45, 2.75) is 39.4 Å². The second-order valence-electron chi connectivity index (χ2n) is 8.33. The minimum absolute atomic E-state index is 0.243. The van der Waals surface area contributed by atoms with Crippen LogP contribution in [0.25, 0.3) is 11.2 Å². The van der Waals surface area contributed by atoms with Crippen LogP contribution in [0.15, 0.2) is 70.3 Å². The summed E-state index contributed by atoms with van der Waals surface area (Å²) in [7, 11) is 1.55. The number of aromatic nitrogens is 4. The number of rotatable bonds is 10. The maximum Gasteiger partial charge on any atom is 0.333 e. The maximum atomic E-state index is 13.5. The normalized spacial score (nSPS) is 11.0. The van der Waals surface area contributed by atoms with Crippen LogP contribution in [0.3, 0.4) is 0 Å². The van der Waals surface area contributed by atoms with Crippen molar-refractivity contribution >= 4 is 23.1 Å². The summed E-state index contributed by atoms with van der Waals surface area (Å²) in [4.78, 5) is 43.4. The van der Waals surface area contributed by atoms with Gasteiger partial charge in [-0.05, 0) is 17.5 Å². The molecule has 0 saturated carbocycles. The van der Waals surface area contributed by atoms with Crippen LogP contribution in [-0.2, 0) is 36.2 Å². The Morgan fingerprint density at radius 3 is 2.29 bits per heavy atom. The number of hydrogen-bond acceptors (Lipinski definition) is 6. The average Bonchev–Trinajstić information content (AvgIpc) is 3.23. The van der Waals surface area contributed by atoms with Crippen LogP contribution in [0, 0.1) is 0 Å². The quantitative estimate of drug-likeness (QED) is 0.280. The molecule has 2 aromatic carbocycles. The van der Waals surface area contributed by atoms with Gasteiger partial charge in [-0.3, -0.25) is 18.7 Å². The number of nitrogens with zero attached hydrogens (tertiary/aromatic N) is 4. The third-order valence-electron chi connectivity index (χ3n) is 5.76. The van der Waals surface area contributed by atoms with Crippen LogP contribution >= 0.6 is 0 Å². The van der Waals surface area contributed by atoms with Crippen LogP contribution in [0.1, 0.15) is 30.9 Å². The molecule has 9 nitrogen and oxygen atoms in total. The number of esters is 1. The lowest BCUT2D eigenvalue weighted by Gasteiger charge is -2.12. The maximum absolute atomic E-state index is 13.5. The minimum Gasteiger partial charge on any atom is -0.464 e. The average molecular weight is 476 g/mol. The molecule has 4 aromatic rings. The molecule has 0 aliphatic carbocycles. The fourth-order valence-electron chi connectivity index (χ4n) is 3.85. The summed E-state index contributed by atoms with van der Waals surface area (Å²) in [5.74, 6) is -0.156. The molecule has 182 valence electrons. The first-order valence-electron chi connectivity index (χ1n) is 11.7. The monoisotopic (exact) mass is 475 g/mol. The number of ether oxygens (including phenoxy) is 1. The van der Waals surface area contributed by atoms with Gasteiger partial charge in [-0.15, -0.1) is 0 Å². The van der Waals surface area contributed by atoms with Gasteiger partial charge in [0.05, 0.1) is 13.2 Å². The zero-order valence-corrected chi connectivity index (χ0v) is 19.9. The van der Waals surface area contributed by atoms with E-state index in [-0.39, 0.29) is 17.8 Å². The Morgan fingerprint density at radius 2 is 1.63 bits per heavy atom. The van der Waals surface area contributed by atoms with Gasteiger partial charge in [-0.25, -0.2) is 9.36 Å². The van der Waals surface area contributed by atoms with Gasteiger partial charge in [0.2, 0.25) is 5.95 Å². The Kier molecular flexibility index (Phi) is 7.45. The van der Waals surface area contributed by atoms with Crippen molar-refractivity contribution in [1.82, 2.24) is 18.7 Å². The van der Waals surface area contributed by atoms with E-state index in [9.17, 15) is 14.4 Å². The molecule has 0 fully saturated rings. The van der Waals surface area contributed by atoms with Crippen molar-refractivity contribution in [2.75, 3.05) is 11.9 Å². The van der Waals surface area contributed by atoms with Gasteiger partial charge in [0.1, 0.15) is 6.54 Å². The molecule has 0 aliphatic rings. The number of fused-ring (bicyclic) bond motifs is 1. The van der Waals surface area contributed by atoms with Crippen molar-refractivity contribution < 1.29 is 9.53 Å². The van der Waals surface area contributed by atoms with E-state index in [2.05, 4.69) is 10.3 Å². The molecule has 9 heteroatoms. The van der Waals surface area contributed by atoms with Crippen molar-refractivity contribution in [3.63, 3.8) is 0 Å². The molecule has 0 aliphatic heterocycles. The molecular formula is C26H29N5O4. The van der Waals surface area contributed by atoms with Gasteiger partial charge in [0.15, 0.2) is 11.2 Å². The zero-order valence-electron chi connectivity index (χ0n) is 19.9. The minimum atomic E-state index is -0.617. The van der Waals surface area contributed by atoms with E-state index in [4.69, 9.17) is 4.74 Å². The van der Waals surface area contributed by atoms with Crippen LogP contribution in [-0.4, -0.2) is 31.3 Å². The van der Waals surface area contributed by atoms with E-state index in [1.165, 1.54) is 4.57 Å². The lowest BCUT2D eigenvalue weighted by molar-refractivity contribution is -0.144. The van der Waals surface area contributed by atoms with Gasteiger partial charge >= 0.3 is 11.7 Å². The molecule has 0 atom stereocenters. The Labute approximate surface area is 202 Å². The molecule has 4 rings (SSSR count). The molecule has 35 heavy (non-hydrogen) atoms. The smallest absolute Gasteiger partial charge is 0.333 e. The van der Waals surface area contributed by atoms with Crippen LogP contribution in [0.5, 0.6) is 0 Å². The first kappa shape index (κ1) is 24.0. The Balaban J connectivity index is 1.78. The summed E-state index contributed by atoms with van der Waals surface area (Å²) in [6.45, 7) is 2.65. The van der Waals surface area contributed by atoms with E-state index in [0.29, 0.717) is 19.0 Å². The number of carbonyl (C=O) groups excluding carboxylic acids is 1. The number of nitrogens with one attached hydrogen (secondary N) is 1. The first-order chi connectivity index (χ1) is 17.0. The van der Waals surface area contributed by atoms with Crippen LogP contribution < -0.4 is 16.6 Å². The summed E-state index contributed by atoms with van der Waals surface area (Å²) in [5, 5.41) is 3.30. The molecule has 0 spiro atoms. The number of hydrogen-bond donors (Lipinski definition) is 1. The fourth-order valence-corrected chi connectivity index (χ4v) is 3.85. The highest BCUT2D eigenvalue weighted by Crippen LogP contribution is 2.19. The van der Waals surface area contributed by atoms with Crippen LogP contribution in [0.4, 0.5) is 5.95 Å². The second kappa shape index (κ2) is 10.9. The summed E-state index contributed by atoms with van der Waals surface area (Å²) in [6, 6.07) is 19.5. The lowest BCUT2D eigenvalue weighted by atomic mass is 10.2. The fraction of sp³-hybridized carbons (Fsp3) is 0.308. The van der Waals surface area contributed by atoms with Gasteiger partial charge < -0.3 is 10.1 Å². The molecule has 0 bridgehead atoms. The Morgan fingerprint density at radius 1 is 0.971 bits per heavy atom. The number of aryl methyl sites for hydroxylation is 1. The van der Waals surface area contributed by atoms with Crippen molar-refractivity contribution in [3.05, 3.63) is 92.6 Å². The molecule has 0 unspecified atom stereocenters. The largest absolute Gasteiger partial charge is 0.464 e. The zero-order chi connectivity index (χ0) is 24.8. The number of carbonyl (C=O) groups is 1. The summed E-state index contributed by atoms with van der Waals surface area (Å²) < 4.78 is 9.16. The second-order valence-corrected chi connectivity index (χ2v) is 8.33. The summed E-state index contributed by atoms with van der Waals surface area (Å²) in [6.07, 6.45) is 1.59. The molecule has 0 amide bonds. The lowest BCUT2D eigenvalue weighted by Crippen LogP contribution is -2.41. The van der Waals surface area contributed by atoms with Crippen molar-refractivity contribution in [1.29, 1.82) is 0 Å². The Hall–Kier alpha value is -4.14. The highest BCUT2D eigenvalue weighted by molar-refractivity contribution is 5.75. The third-order valence-corrected chi connectivity index (χ3v) is 5.76. The van der Waals surface area contributed by atoms with E-state index in [1.807, 2.05) is 67.6 Å². The molecular weight excluding hydrogens is 446 g/mol. The summed E-state index contributed by atoms with van der Waals surface area (Å²) >= 11 is 0. The molecule has 2 aromatic heterocycles. The van der Waals surface area contributed by atoms with E-state index < -0.39 is 23.8 Å². The predicted molar refractivity (Wildman–Crippen MR) is 134 cm³/mol. The number of benzene rings is 2. The van der Waals surface area contributed by atoms with Gasteiger partial charge in [0.25, 0.3) is 5.56 Å². The van der Waals surface area contributed by atoms with Gasteiger partial charge in [-0.2, -0.15) is 4.98 Å². The van der Waals surface area contributed by atoms with Gasteiger partial charge in [0, 0.05) is 13.6 Å². The van der Waals surface area contributed by atoms with Crippen LogP contribution in [0.2, 0.25) is 0 Å². The molecule has 0 radical (unpaired) electrons. The molecule has 2 heterocycles. The summed E-state index contributed by atoms with van der Waals surface area (Å²) in [5.41, 5.74) is 1.32. The SMILES string of the molecule is CCCCOC(=O)Cn1c(=O)c2c(nc(NCc3ccccc3)n2Cc2ccccc2)n(C)c1=O. The number of anilines is 1. The van der Waals surface area contributed by atoms with E-state index in [1.54, 1.807) is 11.6 Å². The van der Waals surface area contributed by atoms with Gasteiger partial charge in [-0.1, -0.05) is 74.0 Å². The Bertz CT molecular complexity index is 1420. The highest BCUT2D eigenvalue weighted by atomic mass is 16.5. The molecule has 1 N–H and O–H groups in total. The van der Waals surface area contributed by atoms with Crippen molar-refractivity contribution in [2.24, 2.45) is 7.05 Å². The number of unbranched alkanes of at least 4 members (excludes halogenated alkanes) is 1. The standard InChI is InChI=1S/C26H29N5O4/c1-3-4-15-35-21(32)18-31-24(33)22-23(29(2)26(31)34)28-25(27-16-19-11-7-5-8-12-19)30(22)17-20-13-9-6-10-14-20/h5-14H,3-4,15-18H2,1-2H3,(H,27,28). The highest BCUT2D eigenvalue weighted by Gasteiger charge is 2.22.